The zero-order valence-electron chi connectivity index (χ0n) is 12.3. The van der Waals surface area contributed by atoms with Crippen molar-refractivity contribution in [2.45, 2.75) is 51.4 Å². The van der Waals surface area contributed by atoms with Crippen LogP contribution in [0.2, 0.25) is 5.02 Å². The molecule has 2 atom stereocenters. The van der Waals surface area contributed by atoms with Gasteiger partial charge in [0.2, 0.25) is 0 Å². The van der Waals surface area contributed by atoms with Gasteiger partial charge in [-0.25, -0.2) is 4.39 Å². The van der Waals surface area contributed by atoms with E-state index in [1.807, 2.05) is 27.7 Å². The van der Waals surface area contributed by atoms with Crippen LogP contribution in [0.25, 0.3) is 0 Å². The minimum Gasteiger partial charge on any atom is -0.369 e. The van der Waals surface area contributed by atoms with Crippen LogP contribution in [0, 0.1) is 11.7 Å². The van der Waals surface area contributed by atoms with Gasteiger partial charge in [0.05, 0.1) is 17.2 Å². The highest BCUT2D eigenvalue weighted by Gasteiger charge is 2.49. The number of hydrazine groups is 1. The Morgan fingerprint density at radius 1 is 1.40 bits per heavy atom. The van der Waals surface area contributed by atoms with Gasteiger partial charge in [0.25, 0.3) is 0 Å². The van der Waals surface area contributed by atoms with E-state index >= 15 is 0 Å². The van der Waals surface area contributed by atoms with Crippen LogP contribution in [-0.4, -0.2) is 11.2 Å². The largest absolute Gasteiger partial charge is 0.369 e. The maximum atomic E-state index is 14.1. The second-order valence-corrected chi connectivity index (χ2v) is 7.02. The van der Waals surface area contributed by atoms with E-state index in [0.717, 1.165) is 6.42 Å². The lowest BCUT2D eigenvalue weighted by atomic mass is 9.79. The number of ether oxygens (including phenoxy) is 1. The maximum Gasteiger partial charge on any atom is 0.128 e. The van der Waals surface area contributed by atoms with Gasteiger partial charge < -0.3 is 4.74 Å². The molecular formula is C15H22ClFN2O. The molecule has 1 aliphatic heterocycles. The van der Waals surface area contributed by atoms with Crippen molar-refractivity contribution in [3.8, 4) is 0 Å². The molecule has 0 radical (unpaired) electrons. The summed E-state index contributed by atoms with van der Waals surface area (Å²) in [5.74, 6) is 5.44. The maximum absolute atomic E-state index is 14.1. The number of rotatable bonds is 3. The Kier molecular flexibility index (Phi) is 4.13. The van der Waals surface area contributed by atoms with Gasteiger partial charge in [-0.1, -0.05) is 11.6 Å². The van der Waals surface area contributed by atoms with Crippen molar-refractivity contribution in [1.82, 2.24) is 5.43 Å². The highest BCUT2D eigenvalue weighted by atomic mass is 35.5. The first kappa shape index (κ1) is 15.7. The fraction of sp³-hybridized carbons (Fsp3) is 0.600. The van der Waals surface area contributed by atoms with Crippen molar-refractivity contribution in [1.29, 1.82) is 0 Å². The molecule has 0 spiro atoms. The molecule has 20 heavy (non-hydrogen) atoms. The molecule has 0 aromatic heterocycles. The first-order chi connectivity index (χ1) is 9.16. The average molecular weight is 301 g/mol. The summed E-state index contributed by atoms with van der Waals surface area (Å²) in [6.45, 7) is 8.10. The van der Waals surface area contributed by atoms with Crippen LogP contribution in [0.5, 0.6) is 0 Å². The van der Waals surface area contributed by atoms with Crippen LogP contribution in [0.4, 0.5) is 4.39 Å². The summed E-state index contributed by atoms with van der Waals surface area (Å²) in [4.78, 5) is 0. The molecule has 0 amide bonds. The molecule has 0 aliphatic carbocycles. The molecule has 3 nitrogen and oxygen atoms in total. The van der Waals surface area contributed by atoms with Gasteiger partial charge in [-0.15, -0.1) is 0 Å². The molecule has 0 bridgehead atoms. The summed E-state index contributed by atoms with van der Waals surface area (Å²) >= 11 is 5.99. The number of hydrogen-bond acceptors (Lipinski definition) is 3. The molecule has 1 fully saturated rings. The fourth-order valence-corrected chi connectivity index (χ4v) is 3.48. The van der Waals surface area contributed by atoms with Gasteiger partial charge in [0, 0.05) is 16.5 Å². The second kappa shape index (κ2) is 5.26. The van der Waals surface area contributed by atoms with Gasteiger partial charge >= 0.3 is 0 Å². The molecule has 1 aliphatic rings. The standard InChI is InChI=1S/C15H22ClFN2O/c1-14(2)8-11(15(3,4)20-14)13(19-18)10-7-9(16)5-6-12(10)17/h5-7,11,13,19H,8,18H2,1-4H3. The third-order valence-electron chi connectivity index (χ3n) is 4.02. The SMILES string of the molecule is CC1(C)CC(C(NN)c2cc(Cl)ccc2F)C(C)(C)O1. The van der Waals surface area contributed by atoms with E-state index in [-0.39, 0.29) is 23.4 Å². The Morgan fingerprint density at radius 3 is 2.55 bits per heavy atom. The molecule has 3 N–H and O–H groups in total. The highest BCUT2D eigenvalue weighted by Crippen LogP contribution is 2.47. The third-order valence-corrected chi connectivity index (χ3v) is 4.25. The van der Waals surface area contributed by atoms with Crippen LogP contribution < -0.4 is 11.3 Å². The Hall–Kier alpha value is -0.680. The number of benzene rings is 1. The van der Waals surface area contributed by atoms with E-state index in [9.17, 15) is 4.39 Å². The van der Waals surface area contributed by atoms with Crippen LogP contribution in [0.1, 0.15) is 45.7 Å². The average Bonchev–Trinajstić information content (AvgIpc) is 2.53. The summed E-state index contributed by atoms with van der Waals surface area (Å²) in [6.07, 6.45) is 0.792. The lowest BCUT2D eigenvalue weighted by Crippen LogP contribution is -2.41. The van der Waals surface area contributed by atoms with Crippen LogP contribution >= 0.6 is 11.6 Å². The van der Waals surface area contributed by atoms with Gasteiger partial charge in [0.15, 0.2) is 0 Å². The number of hydrogen-bond donors (Lipinski definition) is 2. The number of halogens is 2. The molecule has 1 aromatic rings. The molecule has 112 valence electrons. The normalized spacial score (nSPS) is 25.6. The van der Waals surface area contributed by atoms with E-state index in [1.54, 1.807) is 6.07 Å². The van der Waals surface area contributed by atoms with Gasteiger partial charge in [-0.05, 0) is 52.3 Å². The minimum absolute atomic E-state index is 0.0514. The van der Waals surface area contributed by atoms with E-state index < -0.39 is 5.60 Å². The summed E-state index contributed by atoms with van der Waals surface area (Å²) in [5.41, 5.74) is 2.58. The smallest absolute Gasteiger partial charge is 0.128 e. The van der Waals surface area contributed by atoms with Gasteiger partial charge in [-0.3, -0.25) is 11.3 Å². The van der Waals surface area contributed by atoms with Crippen molar-refractivity contribution in [3.05, 3.63) is 34.6 Å². The summed E-state index contributed by atoms with van der Waals surface area (Å²) in [5, 5.41) is 0.498. The first-order valence-corrected chi connectivity index (χ1v) is 7.15. The highest BCUT2D eigenvalue weighted by molar-refractivity contribution is 6.30. The Bertz CT molecular complexity index is 505. The topological polar surface area (TPSA) is 47.3 Å². The Labute approximate surface area is 124 Å². The van der Waals surface area contributed by atoms with Crippen molar-refractivity contribution in [2.24, 2.45) is 11.8 Å². The Morgan fingerprint density at radius 2 is 2.05 bits per heavy atom. The van der Waals surface area contributed by atoms with E-state index in [1.165, 1.54) is 12.1 Å². The summed E-state index contributed by atoms with van der Waals surface area (Å²) in [7, 11) is 0. The molecule has 1 aromatic carbocycles. The lowest BCUT2D eigenvalue weighted by molar-refractivity contribution is -0.0779. The molecule has 1 heterocycles. The minimum atomic E-state index is -0.394. The van der Waals surface area contributed by atoms with Crippen LogP contribution in [-0.2, 0) is 4.74 Å². The zero-order chi connectivity index (χ0) is 15.1. The van der Waals surface area contributed by atoms with Crippen molar-refractivity contribution in [3.63, 3.8) is 0 Å². The summed E-state index contributed by atoms with van der Waals surface area (Å²) in [6, 6.07) is 4.19. The molecular weight excluding hydrogens is 279 g/mol. The van der Waals surface area contributed by atoms with Crippen LogP contribution in [0.3, 0.4) is 0 Å². The summed E-state index contributed by atoms with van der Waals surface area (Å²) < 4.78 is 20.2. The fourth-order valence-electron chi connectivity index (χ4n) is 3.30. The molecule has 1 saturated heterocycles. The van der Waals surface area contributed by atoms with Crippen molar-refractivity contribution in [2.75, 3.05) is 0 Å². The molecule has 5 heteroatoms. The van der Waals surface area contributed by atoms with Crippen molar-refractivity contribution >= 4 is 11.6 Å². The quantitative estimate of drug-likeness (QED) is 0.662. The van der Waals surface area contributed by atoms with Crippen molar-refractivity contribution < 1.29 is 9.13 Å². The first-order valence-electron chi connectivity index (χ1n) is 6.77. The van der Waals surface area contributed by atoms with Gasteiger partial charge in [-0.2, -0.15) is 0 Å². The molecule has 0 saturated carbocycles. The van der Waals surface area contributed by atoms with E-state index in [2.05, 4.69) is 5.43 Å². The van der Waals surface area contributed by atoms with Gasteiger partial charge in [0.1, 0.15) is 5.82 Å². The number of nitrogens with one attached hydrogen (secondary N) is 1. The predicted molar refractivity (Wildman–Crippen MR) is 78.8 cm³/mol. The predicted octanol–water partition coefficient (Wildman–Crippen LogP) is 3.58. The monoisotopic (exact) mass is 300 g/mol. The molecule has 2 unspecified atom stereocenters. The zero-order valence-corrected chi connectivity index (χ0v) is 13.1. The van der Waals surface area contributed by atoms with Crippen LogP contribution in [0.15, 0.2) is 18.2 Å². The van der Waals surface area contributed by atoms with E-state index in [0.29, 0.717) is 10.6 Å². The van der Waals surface area contributed by atoms with E-state index in [4.69, 9.17) is 22.2 Å². The lowest BCUT2D eigenvalue weighted by Gasteiger charge is -2.33. The second-order valence-electron chi connectivity index (χ2n) is 6.59. The molecule has 2 rings (SSSR count). The Balaban J connectivity index is 2.40. The number of nitrogens with two attached hydrogens (primary N) is 1. The third kappa shape index (κ3) is 2.98.